The van der Waals surface area contributed by atoms with Gasteiger partial charge >= 0.3 is 0 Å². The number of halogens is 1. The van der Waals surface area contributed by atoms with E-state index in [2.05, 4.69) is 11.8 Å². The van der Waals surface area contributed by atoms with Gasteiger partial charge in [0.15, 0.2) is 5.13 Å². The van der Waals surface area contributed by atoms with Crippen molar-refractivity contribution in [2.24, 2.45) is 0 Å². The molecule has 0 aliphatic carbocycles. The Labute approximate surface area is 186 Å². The number of nitrogens with zero attached hydrogens (tertiary/aromatic N) is 3. The minimum atomic E-state index is 0.0690. The Hall–Kier alpha value is -2.31. The Morgan fingerprint density at radius 3 is 2.57 bits per heavy atom. The fraction of sp³-hybridized carbons (Fsp3) is 0.391. The van der Waals surface area contributed by atoms with E-state index in [1.165, 1.54) is 12.8 Å². The molecule has 0 unspecified atom stereocenters. The first-order chi connectivity index (χ1) is 14.7. The van der Waals surface area contributed by atoms with Crippen LogP contribution in [0.3, 0.4) is 0 Å². The van der Waals surface area contributed by atoms with Crippen molar-refractivity contribution >= 4 is 44.2 Å². The van der Waals surface area contributed by atoms with Crippen LogP contribution in [0.2, 0.25) is 5.02 Å². The average molecular weight is 444 g/mol. The summed E-state index contributed by atoms with van der Waals surface area (Å²) in [6, 6.07) is 13.4. The number of ether oxygens (including phenoxy) is 1. The summed E-state index contributed by atoms with van der Waals surface area (Å²) < 4.78 is 6.83. The molecular formula is C23H26ClN3O2S. The summed E-state index contributed by atoms with van der Waals surface area (Å²) in [5.41, 5.74) is 1.56. The van der Waals surface area contributed by atoms with E-state index in [0.717, 1.165) is 47.2 Å². The Kier molecular flexibility index (Phi) is 6.75. The second-order valence-corrected chi connectivity index (χ2v) is 8.86. The molecular weight excluding hydrogens is 418 g/mol. The molecule has 0 spiro atoms. The van der Waals surface area contributed by atoms with Crippen molar-refractivity contribution in [3.63, 3.8) is 0 Å². The van der Waals surface area contributed by atoms with E-state index < -0.39 is 0 Å². The van der Waals surface area contributed by atoms with Gasteiger partial charge in [0.05, 0.1) is 16.3 Å². The van der Waals surface area contributed by atoms with Crippen molar-refractivity contribution in [2.45, 2.75) is 26.2 Å². The molecule has 1 aliphatic rings. The van der Waals surface area contributed by atoms with E-state index in [1.807, 2.05) is 47.4 Å². The molecule has 2 aromatic carbocycles. The molecule has 1 fully saturated rings. The molecule has 1 aromatic heterocycles. The third-order valence-corrected chi connectivity index (χ3v) is 6.70. The molecule has 1 saturated heterocycles. The molecule has 0 saturated carbocycles. The van der Waals surface area contributed by atoms with Crippen LogP contribution in [0, 0.1) is 0 Å². The first kappa shape index (κ1) is 20.9. The van der Waals surface area contributed by atoms with Gasteiger partial charge in [-0.15, -0.1) is 0 Å². The maximum atomic E-state index is 12.9. The number of benzene rings is 2. The number of fused-ring (bicyclic) bond motifs is 1. The van der Waals surface area contributed by atoms with Gasteiger partial charge in [-0.25, -0.2) is 4.98 Å². The van der Waals surface area contributed by atoms with E-state index >= 15 is 0 Å². The lowest BCUT2D eigenvalue weighted by molar-refractivity contribution is 0.0746. The number of anilines is 1. The van der Waals surface area contributed by atoms with Crippen LogP contribution >= 0.6 is 22.9 Å². The van der Waals surface area contributed by atoms with Crippen molar-refractivity contribution in [1.29, 1.82) is 0 Å². The highest BCUT2D eigenvalue weighted by atomic mass is 35.5. The lowest BCUT2D eigenvalue weighted by Crippen LogP contribution is -2.48. The fourth-order valence-electron chi connectivity index (χ4n) is 3.56. The summed E-state index contributed by atoms with van der Waals surface area (Å²) in [4.78, 5) is 21.7. The third-order valence-electron chi connectivity index (χ3n) is 5.31. The van der Waals surface area contributed by atoms with Gasteiger partial charge in [-0.1, -0.05) is 48.8 Å². The van der Waals surface area contributed by atoms with Crippen LogP contribution in [-0.2, 0) is 0 Å². The average Bonchev–Trinajstić information content (AvgIpc) is 3.23. The molecule has 5 nitrogen and oxygen atoms in total. The van der Waals surface area contributed by atoms with Crippen LogP contribution in [0.25, 0.3) is 10.2 Å². The highest BCUT2D eigenvalue weighted by molar-refractivity contribution is 7.22. The number of unbranched alkanes of at least 4 members (excludes halogenated alkanes) is 2. The van der Waals surface area contributed by atoms with Gasteiger partial charge < -0.3 is 14.5 Å². The van der Waals surface area contributed by atoms with Gasteiger partial charge in [0.2, 0.25) is 0 Å². The van der Waals surface area contributed by atoms with E-state index in [4.69, 9.17) is 21.3 Å². The number of piperazine rings is 1. The van der Waals surface area contributed by atoms with E-state index in [0.29, 0.717) is 23.7 Å². The second kappa shape index (κ2) is 9.67. The number of hydrogen-bond donors (Lipinski definition) is 0. The highest BCUT2D eigenvalue weighted by Gasteiger charge is 2.24. The topological polar surface area (TPSA) is 45.7 Å². The molecule has 158 valence electrons. The SMILES string of the molecule is CCCCCOc1ccc(C(=O)N2CCN(c3nc4c(Cl)cccc4s3)CC2)cc1. The van der Waals surface area contributed by atoms with Gasteiger partial charge in [-0.3, -0.25) is 4.79 Å². The zero-order valence-electron chi connectivity index (χ0n) is 17.1. The van der Waals surface area contributed by atoms with Gasteiger partial charge in [-0.05, 0) is 42.8 Å². The van der Waals surface area contributed by atoms with E-state index in [9.17, 15) is 4.79 Å². The fourth-order valence-corrected chi connectivity index (χ4v) is 4.87. The van der Waals surface area contributed by atoms with Crippen LogP contribution in [0.1, 0.15) is 36.5 Å². The van der Waals surface area contributed by atoms with Crippen LogP contribution in [-0.4, -0.2) is 48.6 Å². The number of amides is 1. The maximum Gasteiger partial charge on any atom is 0.253 e. The number of aromatic nitrogens is 1. The normalized spacial score (nSPS) is 14.3. The number of hydrogen-bond acceptors (Lipinski definition) is 5. The Balaban J connectivity index is 1.33. The summed E-state index contributed by atoms with van der Waals surface area (Å²) >= 11 is 7.91. The van der Waals surface area contributed by atoms with E-state index in [1.54, 1.807) is 11.3 Å². The first-order valence-electron chi connectivity index (χ1n) is 10.5. The van der Waals surface area contributed by atoms with Gasteiger partial charge in [0.25, 0.3) is 5.91 Å². The molecule has 3 aromatic rings. The highest BCUT2D eigenvalue weighted by Crippen LogP contribution is 2.33. The quantitative estimate of drug-likeness (QED) is 0.453. The summed E-state index contributed by atoms with van der Waals surface area (Å²) in [6.07, 6.45) is 3.41. The molecule has 0 N–H and O–H groups in total. The van der Waals surface area contributed by atoms with Crippen molar-refractivity contribution in [3.05, 3.63) is 53.1 Å². The molecule has 1 aliphatic heterocycles. The summed E-state index contributed by atoms with van der Waals surface area (Å²) in [5.74, 6) is 0.890. The zero-order chi connectivity index (χ0) is 20.9. The number of carbonyl (C=O) groups excluding carboxylic acids is 1. The summed E-state index contributed by atoms with van der Waals surface area (Å²) in [7, 11) is 0. The number of thiazole rings is 1. The third kappa shape index (κ3) is 4.71. The number of rotatable bonds is 7. The van der Waals surface area contributed by atoms with E-state index in [-0.39, 0.29) is 5.91 Å². The van der Waals surface area contributed by atoms with Crippen molar-refractivity contribution in [1.82, 2.24) is 9.88 Å². The maximum absolute atomic E-state index is 12.9. The summed E-state index contributed by atoms with van der Waals surface area (Å²) in [6.45, 7) is 5.79. The van der Waals surface area contributed by atoms with Crippen molar-refractivity contribution in [3.8, 4) is 5.75 Å². The zero-order valence-corrected chi connectivity index (χ0v) is 18.7. The van der Waals surface area contributed by atoms with Crippen LogP contribution < -0.4 is 9.64 Å². The van der Waals surface area contributed by atoms with Gasteiger partial charge in [0, 0.05) is 31.7 Å². The smallest absolute Gasteiger partial charge is 0.253 e. The molecule has 0 atom stereocenters. The molecule has 0 bridgehead atoms. The largest absolute Gasteiger partial charge is 0.494 e. The lowest BCUT2D eigenvalue weighted by Gasteiger charge is -2.34. The van der Waals surface area contributed by atoms with Gasteiger partial charge in [0.1, 0.15) is 11.3 Å². The summed E-state index contributed by atoms with van der Waals surface area (Å²) in [5, 5.41) is 1.65. The minimum Gasteiger partial charge on any atom is -0.494 e. The molecule has 2 heterocycles. The molecule has 30 heavy (non-hydrogen) atoms. The second-order valence-electron chi connectivity index (χ2n) is 7.44. The Morgan fingerprint density at radius 2 is 1.87 bits per heavy atom. The molecule has 4 rings (SSSR count). The van der Waals surface area contributed by atoms with Crippen molar-refractivity contribution in [2.75, 3.05) is 37.7 Å². The lowest BCUT2D eigenvalue weighted by atomic mass is 10.1. The molecule has 1 amide bonds. The Morgan fingerprint density at radius 1 is 1.10 bits per heavy atom. The minimum absolute atomic E-state index is 0.0690. The van der Waals surface area contributed by atoms with Crippen LogP contribution in [0.5, 0.6) is 5.75 Å². The number of carbonyl (C=O) groups is 1. The van der Waals surface area contributed by atoms with Crippen LogP contribution in [0.15, 0.2) is 42.5 Å². The standard InChI is InChI=1S/C23H26ClN3O2S/c1-2-3-4-16-29-18-10-8-17(9-11-18)22(28)26-12-14-27(15-13-26)23-25-21-19(24)6-5-7-20(21)30-23/h5-11H,2-4,12-16H2,1H3. The molecule has 0 radical (unpaired) electrons. The Bertz CT molecular complexity index is 997. The van der Waals surface area contributed by atoms with Crippen molar-refractivity contribution < 1.29 is 9.53 Å². The van der Waals surface area contributed by atoms with Crippen LogP contribution in [0.4, 0.5) is 5.13 Å². The predicted molar refractivity (Wildman–Crippen MR) is 124 cm³/mol. The number of para-hydroxylation sites is 1. The first-order valence-corrected chi connectivity index (χ1v) is 11.7. The van der Waals surface area contributed by atoms with Gasteiger partial charge in [-0.2, -0.15) is 0 Å². The monoisotopic (exact) mass is 443 g/mol. The molecule has 7 heteroatoms. The predicted octanol–water partition coefficient (Wildman–Crippen LogP) is 5.48.